The predicted octanol–water partition coefficient (Wildman–Crippen LogP) is 3.04. The zero-order chi connectivity index (χ0) is 30.1. The highest BCUT2D eigenvalue weighted by Gasteiger charge is 2.16. The van der Waals surface area contributed by atoms with Crippen molar-refractivity contribution in [1.29, 1.82) is 0 Å². The molecule has 2 aromatic carbocycles. The molecule has 0 aliphatic carbocycles. The van der Waals surface area contributed by atoms with E-state index < -0.39 is 11.8 Å². The number of hydrogen-bond donors (Lipinski definition) is 4. The number of hydrogen-bond acceptors (Lipinski definition) is 7. The largest absolute Gasteiger partial charge is 0.395 e. The number of imide groups is 1. The zero-order valence-corrected chi connectivity index (χ0v) is 24.7. The van der Waals surface area contributed by atoms with E-state index in [2.05, 4.69) is 29.8 Å². The Morgan fingerprint density at radius 3 is 2.30 bits per heavy atom. The molecule has 3 amide bonds. The molecule has 9 nitrogen and oxygen atoms in total. The van der Waals surface area contributed by atoms with Crippen LogP contribution in [0.25, 0.3) is 0 Å². The van der Waals surface area contributed by atoms with E-state index in [0.717, 1.165) is 23.4 Å². The van der Waals surface area contributed by atoms with Crippen LogP contribution in [0.2, 0.25) is 0 Å². The van der Waals surface area contributed by atoms with Crippen LogP contribution in [0.3, 0.4) is 0 Å². The van der Waals surface area contributed by atoms with Crippen LogP contribution < -0.4 is 16.0 Å². The molecule has 40 heavy (non-hydrogen) atoms. The van der Waals surface area contributed by atoms with Crippen LogP contribution in [0, 0.1) is 18.7 Å². The van der Waals surface area contributed by atoms with E-state index >= 15 is 4.39 Å². The molecule has 0 saturated heterocycles. The summed E-state index contributed by atoms with van der Waals surface area (Å²) >= 11 is 0. The van der Waals surface area contributed by atoms with E-state index in [1.165, 1.54) is 4.90 Å². The monoisotopic (exact) mass is 559 g/mol. The number of nitrogens with one attached hydrogen (secondary N) is 3. The van der Waals surface area contributed by atoms with Gasteiger partial charge >= 0.3 is 0 Å². The minimum atomic E-state index is -0.548. The summed E-state index contributed by atoms with van der Waals surface area (Å²) in [4.78, 5) is 38.6. The van der Waals surface area contributed by atoms with Crippen LogP contribution in [0.4, 0.5) is 10.1 Å². The number of nitrogens with zero attached hydrogens (tertiary/aromatic N) is 2. The molecule has 0 aromatic heterocycles. The van der Waals surface area contributed by atoms with Gasteiger partial charge in [0.05, 0.1) is 6.61 Å². The van der Waals surface area contributed by atoms with Crippen LogP contribution in [0.5, 0.6) is 0 Å². The highest BCUT2D eigenvalue weighted by atomic mass is 19.1. The van der Waals surface area contributed by atoms with Crippen LogP contribution in [-0.4, -0.2) is 73.5 Å². The lowest BCUT2D eigenvalue weighted by Gasteiger charge is -2.24. The number of aliphatic hydroxyl groups is 1. The van der Waals surface area contributed by atoms with E-state index in [1.807, 2.05) is 50.2 Å². The second-order valence-corrected chi connectivity index (χ2v) is 10.0. The first-order valence-electron chi connectivity index (χ1n) is 13.6. The normalized spacial score (nSPS) is 10.7. The molecule has 2 aromatic rings. The Balaban J connectivity index is 0.00000254. The number of benzene rings is 2. The van der Waals surface area contributed by atoms with E-state index in [9.17, 15) is 19.5 Å². The molecule has 2 rings (SSSR count). The molecular weight excluding hydrogens is 513 g/mol. The number of aryl methyl sites for hydroxylation is 1. The zero-order valence-electron chi connectivity index (χ0n) is 24.7. The first kappa shape index (κ1) is 34.7. The third-order valence-electron chi connectivity index (χ3n) is 5.93. The molecule has 222 valence electrons. The summed E-state index contributed by atoms with van der Waals surface area (Å²) < 4.78 is 15.4. The minimum Gasteiger partial charge on any atom is -0.395 e. The molecule has 0 spiro atoms. The van der Waals surface area contributed by atoms with Gasteiger partial charge in [-0.05, 0) is 44.1 Å². The van der Waals surface area contributed by atoms with Crippen molar-refractivity contribution in [3.8, 4) is 0 Å². The fraction of sp³-hybridized carbons (Fsp3) is 0.500. The van der Waals surface area contributed by atoms with Crippen molar-refractivity contribution >= 4 is 23.9 Å². The topological polar surface area (TPSA) is 114 Å². The maximum Gasteiger partial charge on any atom is 0.246 e. The quantitative estimate of drug-likeness (QED) is 0.248. The Kier molecular flexibility index (Phi) is 16.4. The summed E-state index contributed by atoms with van der Waals surface area (Å²) in [6.07, 6.45) is 0.748. The van der Waals surface area contributed by atoms with Crippen molar-refractivity contribution in [2.45, 2.75) is 53.8 Å². The van der Waals surface area contributed by atoms with Gasteiger partial charge in [0.2, 0.25) is 18.2 Å². The smallest absolute Gasteiger partial charge is 0.246 e. The van der Waals surface area contributed by atoms with E-state index in [1.54, 1.807) is 19.1 Å². The highest BCUT2D eigenvalue weighted by molar-refractivity contribution is 5.96. The van der Waals surface area contributed by atoms with Crippen molar-refractivity contribution < 1.29 is 23.9 Å². The molecular formula is C30H46FN5O4. The van der Waals surface area contributed by atoms with Crippen LogP contribution >= 0.6 is 0 Å². The lowest BCUT2D eigenvalue weighted by Crippen LogP contribution is -2.39. The van der Waals surface area contributed by atoms with Crippen molar-refractivity contribution in [3.05, 3.63) is 64.5 Å². The Labute approximate surface area is 238 Å². The number of amides is 3. The molecule has 0 unspecified atom stereocenters. The third kappa shape index (κ3) is 12.2. The van der Waals surface area contributed by atoms with Crippen LogP contribution in [0.15, 0.2) is 36.4 Å². The highest BCUT2D eigenvalue weighted by Crippen LogP contribution is 2.23. The molecule has 4 N–H and O–H groups in total. The second kappa shape index (κ2) is 18.9. The van der Waals surface area contributed by atoms with Gasteiger partial charge in [-0.3, -0.25) is 24.6 Å². The first-order chi connectivity index (χ1) is 19.1. The fourth-order valence-corrected chi connectivity index (χ4v) is 4.09. The molecule has 0 fully saturated rings. The van der Waals surface area contributed by atoms with E-state index in [4.69, 9.17) is 0 Å². The lowest BCUT2D eigenvalue weighted by atomic mass is 10.0. The SMILES string of the molecule is CCC(=O)NC(=O)CN(C=O)Cc1c(C)cccc1NCc1cccc(CN(CCO)CC(C)C)c1F.CNC. The number of carbonyl (C=O) groups excluding carboxylic acids is 3. The van der Waals surface area contributed by atoms with Crippen LogP contribution in [-0.2, 0) is 34.0 Å². The lowest BCUT2D eigenvalue weighted by molar-refractivity contribution is -0.133. The summed E-state index contributed by atoms with van der Waals surface area (Å²) in [5.74, 6) is -0.846. The predicted molar refractivity (Wildman–Crippen MR) is 157 cm³/mol. The average Bonchev–Trinajstić information content (AvgIpc) is 2.90. The van der Waals surface area contributed by atoms with Gasteiger partial charge in [-0.25, -0.2) is 4.39 Å². The summed E-state index contributed by atoms with van der Waals surface area (Å²) in [6, 6.07) is 10.9. The average molecular weight is 560 g/mol. The number of carbonyl (C=O) groups is 3. The van der Waals surface area contributed by atoms with Crippen molar-refractivity contribution in [2.75, 3.05) is 45.7 Å². The van der Waals surface area contributed by atoms with Gasteiger partial charge in [-0.15, -0.1) is 0 Å². The molecule has 10 heteroatoms. The van der Waals surface area contributed by atoms with Crippen LogP contribution in [0.1, 0.15) is 49.4 Å². The van der Waals surface area contributed by atoms with Crippen molar-refractivity contribution in [1.82, 2.24) is 20.4 Å². The van der Waals surface area contributed by atoms with Crippen molar-refractivity contribution in [2.24, 2.45) is 5.92 Å². The van der Waals surface area contributed by atoms with E-state index in [-0.39, 0.29) is 38.5 Å². The third-order valence-corrected chi connectivity index (χ3v) is 5.93. The van der Waals surface area contributed by atoms with E-state index in [0.29, 0.717) is 36.5 Å². The van der Waals surface area contributed by atoms with Gasteiger partial charge in [0, 0.05) is 56.0 Å². The maximum absolute atomic E-state index is 15.4. The molecule has 0 aliphatic rings. The summed E-state index contributed by atoms with van der Waals surface area (Å²) in [6.45, 7) is 9.50. The van der Waals surface area contributed by atoms with Gasteiger partial charge in [0.1, 0.15) is 12.4 Å². The molecule has 0 atom stereocenters. The van der Waals surface area contributed by atoms with Gasteiger partial charge in [0.25, 0.3) is 0 Å². The standard InChI is InChI=1S/C28H39FN4O4.C2H7N/c1-5-26(36)31-27(37)18-33(19-35)17-24-21(4)8-6-11-25(24)30-14-22-9-7-10-23(28(22)29)16-32(12-13-34)15-20(2)3;1-3-2/h6-11,19-20,30,34H,5,12-18H2,1-4H3,(H,31,36,37);3H,1-2H3. The van der Waals surface area contributed by atoms with Crippen molar-refractivity contribution in [3.63, 3.8) is 0 Å². The number of halogens is 1. The second-order valence-electron chi connectivity index (χ2n) is 10.0. The Bertz CT molecular complexity index is 1080. The molecule has 0 bridgehead atoms. The molecule has 0 heterocycles. The fourth-order valence-electron chi connectivity index (χ4n) is 4.09. The Morgan fingerprint density at radius 1 is 1.05 bits per heavy atom. The molecule has 0 radical (unpaired) electrons. The minimum absolute atomic E-state index is 0.0140. The Morgan fingerprint density at radius 2 is 1.70 bits per heavy atom. The summed E-state index contributed by atoms with van der Waals surface area (Å²) in [7, 11) is 3.75. The number of anilines is 1. The van der Waals surface area contributed by atoms with Gasteiger partial charge in [-0.2, -0.15) is 0 Å². The Hall–Kier alpha value is -3.34. The number of aliphatic hydroxyl groups excluding tert-OH is 1. The molecule has 0 saturated carbocycles. The summed E-state index contributed by atoms with van der Waals surface area (Å²) in [5, 5.41) is 17.7. The maximum atomic E-state index is 15.4. The number of rotatable bonds is 15. The van der Waals surface area contributed by atoms with Gasteiger partial charge in [0.15, 0.2) is 0 Å². The molecule has 0 aliphatic heterocycles. The first-order valence-corrected chi connectivity index (χ1v) is 13.6. The van der Waals surface area contributed by atoms with Gasteiger partial charge < -0.3 is 20.6 Å². The van der Waals surface area contributed by atoms with Gasteiger partial charge in [-0.1, -0.05) is 51.1 Å². The summed E-state index contributed by atoms with van der Waals surface area (Å²) in [5.41, 5.74) is 3.50.